The van der Waals surface area contributed by atoms with Crippen molar-refractivity contribution in [3.8, 4) is 0 Å². The summed E-state index contributed by atoms with van der Waals surface area (Å²) in [5.74, 6) is -1.46. The Morgan fingerprint density at radius 1 is 1.11 bits per heavy atom. The molecule has 0 aromatic rings. The fourth-order valence-electron chi connectivity index (χ4n) is 2.42. The Kier molecular flexibility index (Phi) is 3.51. The van der Waals surface area contributed by atoms with Gasteiger partial charge in [-0.15, -0.1) is 0 Å². The number of aliphatic carboxylic acids is 1. The molecule has 0 saturated carbocycles. The van der Waals surface area contributed by atoms with E-state index in [1.807, 2.05) is 27.7 Å². The number of carbonyl (C=O) groups is 2. The molecule has 0 aliphatic carbocycles. The van der Waals surface area contributed by atoms with Crippen LogP contribution in [0.3, 0.4) is 0 Å². The third kappa shape index (κ3) is 3.02. The van der Waals surface area contributed by atoms with Gasteiger partial charge in [-0.1, -0.05) is 0 Å². The first kappa shape index (κ1) is 15.0. The average Bonchev–Trinajstić information content (AvgIpc) is 2.11. The van der Waals surface area contributed by atoms with Gasteiger partial charge in [0.25, 0.3) is 0 Å². The molecule has 5 heteroatoms. The SMILES string of the molecule is CC1(C)CN(C(=O)C(C)(C)C(=O)O)CC(C)(C)O1. The van der Waals surface area contributed by atoms with Gasteiger partial charge in [0.15, 0.2) is 0 Å². The first-order valence-corrected chi connectivity index (χ1v) is 6.10. The van der Waals surface area contributed by atoms with Crippen molar-refractivity contribution in [1.82, 2.24) is 4.90 Å². The van der Waals surface area contributed by atoms with E-state index in [1.54, 1.807) is 4.90 Å². The number of carboxylic acids is 1. The van der Waals surface area contributed by atoms with Gasteiger partial charge in [-0.2, -0.15) is 0 Å². The van der Waals surface area contributed by atoms with E-state index in [1.165, 1.54) is 13.8 Å². The Morgan fingerprint density at radius 3 is 1.83 bits per heavy atom. The summed E-state index contributed by atoms with van der Waals surface area (Å²) in [6.45, 7) is 11.3. The normalized spacial score (nSPS) is 22.7. The molecule has 1 heterocycles. The summed E-state index contributed by atoms with van der Waals surface area (Å²) < 4.78 is 5.87. The minimum Gasteiger partial charge on any atom is -0.480 e. The lowest BCUT2D eigenvalue weighted by Crippen LogP contribution is -2.61. The lowest BCUT2D eigenvalue weighted by molar-refractivity contribution is -0.194. The molecule has 1 aliphatic rings. The molecule has 0 bridgehead atoms. The van der Waals surface area contributed by atoms with E-state index >= 15 is 0 Å². The van der Waals surface area contributed by atoms with Crippen molar-refractivity contribution in [2.75, 3.05) is 13.1 Å². The third-order valence-electron chi connectivity index (χ3n) is 3.05. The van der Waals surface area contributed by atoms with E-state index in [9.17, 15) is 9.59 Å². The number of hydrogen-bond donors (Lipinski definition) is 1. The summed E-state index contributed by atoms with van der Waals surface area (Å²) in [5.41, 5.74) is -2.33. The maximum atomic E-state index is 12.3. The maximum Gasteiger partial charge on any atom is 0.318 e. The van der Waals surface area contributed by atoms with Crippen LogP contribution in [0.5, 0.6) is 0 Å². The molecule has 5 nitrogen and oxygen atoms in total. The van der Waals surface area contributed by atoms with Crippen LogP contribution in [0, 0.1) is 5.41 Å². The molecule has 18 heavy (non-hydrogen) atoms. The predicted molar refractivity (Wildman–Crippen MR) is 67.2 cm³/mol. The van der Waals surface area contributed by atoms with Gasteiger partial charge in [0.05, 0.1) is 11.2 Å². The molecule has 0 unspecified atom stereocenters. The molecule has 1 N–H and O–H groups in total. The van der Waals surface area contributed by atoms with Crippen LogP contribution in [0.2, 0.25) is 0 Å². The van der Waals surface area contributed by atoms with E-state index in [0.29, 0.717) is 13.1 Å². The van der Waals surface area contributed by atoms with Crippen LogP contribution in [-0.2, 0) is 14.3 Å². The zero-order valence-corrected chi connectivity index (χ0v) is 12.0. The molecule has 0 atom stereocenters. The molecular formula is C13H23NO4. The molecule has 1 saturated heterocycles. The third-order valence-corrected chi connectivity index (χ3v) is 3.05. The summed E-state index contributed by atoms with van der Waals surface area (Å²) in [6, 6.07) is 0. The van der Waals surface area contributed by atoms with Crippen LogP contribution in [0.1, 0.15) is 41.5 Å². The van der Waals surface area contributed by atoms with Crippen LogP contribution in [0.15, 0.2) is 0 Å². The fraction of sp³-hybridized carbons (Fsp3) is 0.846. The van der Waals surface area contributed by atoms with Gasteiger partial charge in [0.2, 0.25) is 5.91 Å². The highest BCUT2D eigenvalue weighted by Gasteiger charge is 2.46. The number of hydrogen-bond acceptors (Lipinski definition) is 3. The van der Waals surface area contributed by atoms with Crippen molar-refractivity contribution in [1.29, 1.82) is 0 Å². The molecule has 1 aliphatic heterocycles. The standard InChI is InChI=1S/C13H23NO4/c1-11(2)7-14(8-12(3,4)18-11)9(15)13(5,6)10(16)17/h7-8H2,1-6H3,(H,16,17). The highest BCUT2D eigenvalue weighted by Crippen LogP contribution is 2.31. The first-order valence-electron chi connectivity index (χ1n) is 6.10. The molecular weight excluding hydrogens is 234 g/mol. The number of rotatable bonds is 2. The molecule has 0 aromatic heterocycles. The molecule has 1 fully saturated rings. The van der Waals surface area contributed by atoms with Crippen molar-refractivity contribution < 1.29 is 19.4 Å². The van der Waals surface area contributed by atoms with Crippen molar-refractivity contribution >= 4 is 11.9 Å². The quantitative estimate of drug-likeness (QED) is 0.761. The van der Waals surface area contributed by atoms with Gasteiger partial charge in [-0.25, -0.2) is 0 Å². The summed E-state index contributed by atoms with van der Waals surface area (Å²) in [7, 11) is 0. The van der Waals surface area contributed by atoms with Crippen LogP contribution >= 0.6 is 0 Å². The Balaban J connectivity index is 2.97. The second-order valence-corrected chi connectivity index (χ2v) is 6.71. The van der Waals surface area contributed by atoms with Crippen LogP contribution in [0.4, 0.5) is 0 Å². The van der Waals surface area contributed by atoms with E-state index in [-0.39, 0.29) is 5.91 Å². The van der Waals surface area contributed by atoms with Crippen molar-refractivity contribution in [2.24, 2.45) is 5.41 Å². The van der Waals surface area contributed by atoms with Crippen molar-refractivity contribution in [2.45, 2.75) is 52.7 Å². The lowest BCUT2D eigenvalue weighted by Gasteiger charge is -2.48. The predicted octanol–water partition coefficient (Wildman–Crippen LogP) is 1.51. The summed E-state index contributed by atoms with van der Waals surface area (Å²) >= 11 is 0. The van der Waals surface area contributed by atoms with Gasteiger partial charge in [0.1, 0.15) is 5.41 Å². The first-order chi connectivity index (χ1) is 7.87. The largest absolute Gasteiger partial charge is 0.480 e. The van der Waals surface area contributed by atoms with Crippen molar-refractivity contribution in [3.63, 3.8) is 0 Å². The van der Waals surface area contributed by atoms with Gasteiger partial charge in [0, 0.05) is 13.1 Å². The number of carboxylic acid groups (broad SMARTS) is 1. The van der Waals surface area contributed by atoms with E-state index in [4.69, 9.17) is 9.84 Å². The Hall–Kier alpha value is -1.10. The molecule has 0 aromatic carbocycles. The zero-order valence-electron chi connectivity index (χ0n) is 12.0. The maximum absolute atomic E-state index is 12.3. The lowest BCUT2D eigenvalue weighted by atomic mass is 9.89. The van der Waals surface area contributed by atoms with Gasteiger partial charge in [-0.05, 0) is 41.5 Å². The molecule has 1 rings (SSSR count). The minimum absolute atomic E-state index is 0.362. The smallest absolute Gasteiger partial charge is 0.318 e. The van der Waals surface area contributed by atoms with Gasteiger partial charge < -0.3 is 14.7 Å². The van der Waals surface area contributed by atoms with Crippen molar-refractivity contribution in [3.05, 3.63) is 0 Å². The highest BCUT2D eigenvalue weighted by atomic mass is 16.5. The summed E-state index contributed by atoms with van der Waals surface area (Å²) in [6.07, 6.45) is 0. The number of ether oxygens (including phenoxy) is 1. The number of carbonyl (C=O) groups excluding carboxylic acids is 1. The second-order valence-electron chi connectivity index (χ2n) is 6.71. The Morgan fingerprint density at radius 2 is 1.50 bits per heavy atom. The number of morpholine rings is 1. The fourth-order valence-corrected chi connectivity index (χ4v) is 2.42. The molecule has 0 radical (unpaired) electrons. The number of amides is 1. The van der Waals surface area contributed by atoms with Crippen LogP contribution in [0.25, 0.3) is 0 Å². The summed E-state index contributed by atoms with van der Waals surface area (Å²) in [5, 5.41) is 9.12. The average molecular weight is 257 g/mol. The summed E-state index contributed by atoms with van der Waals surface area (Å²) in [4.78, 5) is 25.1. The molecule has 0 spiro atoms. The van der Waals surface area contributed by atoms with E-state index in [0.717, 1.165) is 0 Å². The monoisotopic (exact) mass is 257 g/mol. The second kappa shape index (κ2) is 4.23. The highest BCUT2D eigenvalue weighted by molar-refractivity contribution is 6.01. The van der Waals surface area contributed by atoms with E-state index < -0.39 is 22.6 Å². The zero-order chi connectivity index (χ0) is 14.4. The van der Waals surface area contributed by atoms with Gasteiger partial charge >= 0.3 is 5.97 Å². The Bertz CT molecular complexity index is 355. The molecule has 104 valence electrons. The Labute approximate surface area is 108 Å². The number of nitrogens with zero attached hydrogens (tertiary/aromatic N) is 1. The van der Waals surface area contributed by atoms with E-state index in [2.05, 4.69) is 0 Å². The van der Waals surface area contributed by atoms with Crippen LogP contribution in [-0.4, -0.2) is 46.2 Å². The molecule has 1 amide bonds. The topological polar surface area (TPSA) is 66.8 Å². The van der Waals surface area contributed by atoms with Crippen LogP contribution < -0.4 is 0 Å². The minimum atomic E-state index is -1.40. The van der Waals surface area contributed by atoms with Gasteiger partial charge in [-0.3, -0.25) is 9.59 Å².